The van der Waals surface area contributed by atoms with Crippen molar-refractivity contribution in [3.63, 3.8) is 0 Å². The molecule has 0 N–H and O–H groups in total. The second-order valence-corrected chi connectivity index (χ2v) is 8.31. The molecule has 2 aliphatic rings. The molecule has 3 heteroatoms. The molecular formula is C30H34O2Y-2. The molecule has 0 unspecified atom stereocenters. The van der Waals surface area contributed by atoms with Gasteiger partial charge in [-0.2, -0.15) is 41.8 Å². The number of hydrogen-bond acceptors (Lipinski definition) is 2. The van der Waals surface area contributed by atoms with Gasteiger partial charge in [0, 0.05) is 56.7 Å². The first-order valence-electron chi connectivity index (χ1n) is 10.9. The molecule has 0 heterocycles. The molecule has 0 amide bonds. The Morgan fingerprint density at radius 2 is 1.30 bits per heavy atom. The van der Waals surface area contributed by atoms with Crippen LogP contribution >= 0.6 is 0 Å². The van der Waals surface area contributed by atoms with Gasteiger partial charge < -0.3 is 6.92 Å². The van der Waals surface area contributed by atoms with Crippen LogP contribution in [0.5, 0.6) is 0 Å². The molecule has 171 valence electrons. The molecule has 2 aliphatic carbocycles. The number of rotatable bonds is 1. The van der Waals surface area contributed by atoms with Crippen LogP contribution in [0.1, 0.15) is 74.4 Å². The van der Waals surface area contributed by atoms with Gasteiger partial charge in [0.25, 0.3) is 0 Å². The van der Waals surface area contributed by atoms with Gasteiger partial charge in [0.05, 0.1) is 0 Å². The average molecular weight is 516 g/mol. The van der Waals surface area contributed by atoms with Crippen LogP contribution in [0.3, 0.4) is 0 Å². The van der Waals surface area contributed by atoms with Gasteiger partial charge in [-0.05, 0) is 43.9 Å². The molecule has 0 saturated carbocycles. The predicted molar refractivity (Wildman–Crippen MR) is 133 cm³/mol. The molecule has 3 aromatic rings. The van der Waals surface area contributed by atoms with Crippen LogP contribution in [0.4, 0.5) is 0 Å². The number of hydrogen-bond donors (Lipinski definition) is 0. The zero-order chi connectivity index (χ0) is 22.4. The summed E-state index contributed by atoms with van der Waals surface area (Å²) in [7, 11) is 0. The van der Waals surface area contributed by atoms with E-state index in [1.54, 1.807) is 0 Å². The monoisotopic (exact) mass is 515 g/mol. The molecule has 5 rings (SSSR count). The van der Waals surface area contributed by atoms with Gasteiger partial charge in [0.15, 0.2) is 11.6 Å². The molecule has 0 bridgehead atoms. The molecule has 0 atom stereocenters. The van der Waals surface area contributed by atoms with Crippen molar-refractivity contribution < 1.29 is 42.3 Å². The maximum absolute atomic E-state index is 11.2. The quantitative estimate of drug-likeness (QED) is 0.326. The smallest absolute Gasteiger partial charge is 0.163 e. The number of benzene rings is 3. The Labute approximate surface area is 225 Å². The Morgan fingerprint density at radius 3 is 1.94 bits per heavy atom. The van der Waals surface area contributed by atoms with Crippen LogP contribution < -0.4 is 0 Å². The molecule has 0 fully saturated rings. The number of aryl methyl sites for hydroxylation is 5. The predicted octanol–water partition coefficient (Wildman–Crippen LogP) is 7.05. The molecule has 0 spiro atoms. The van der Waals surface area contributed by atoms with Crippen molar-refractivity contribution in [3.05, 3.63) is 112 Å². The maximum atomic E-state index is 11.2. The first-order chi connectivity index (χ1) is 14.9. The van der Waals surface area contributed by atoms with Crippen molar-refractivity contribution >= 4 is 11.6 Å². The molecule has 33 heavy (non-hydrogen) atoms. The third-order valence-corrected chi connectivity index (χ3v) is 5.66. The summed E-state index contributed by atoms with van der Waals surface area (Å²) in [6, 6.07) is 21.4. The molecule has 3 aromatic carbocycles. The van der Waals surface area contributed by atoms with Crippen LogP contribution in [0.25, 0.3) is 0 Å². The minimum Gasteiger partial charge on any atom is -0.341 e. The number of Topliss-reactive ketones (excluding diaryl/α,β-unsaturated/α-hetero) is 2. The van der Waals surface area contributed by atoms with E-state index in [0.29, 0.717) is 24.4 Å². The Kier molecular flexibility index (Phi) is 12.1. The molecule has 2 nitrogen and oxygen atoms in total. The van der Waals surface area contributed by atoms with Crippen LogP contribution in [0.2, 0.25) is 0 Å². The topological polar surface area (TPSA) is 34.1 Å². The molecular weight excluding hydrogens is 481 g/mol. The van der Waals surface area contributed by atoms with Crippen molar-refractivity contribution in [2.24, 2.45) is 0 Å². The van der Waals surface area contributed by atoms with Crippen molar-refractivity contribution in [2.75, 3.05) is 0 Å². The summed E-state index contributed by atoms with van der Waals surface area (Å²) in [6.45, 7) is 9.92. The van der Waals surface area contributed by atoms with Crippen molar-refractivity contribution in [1.29, 1.82) is 0 Å². The summed E-state index contributed by atoms with van der Waals surface area (Å²) < 4.78 is 0. The standard InChI is InChI=1S/2C10H10O.C9H10.CH4.Y/c1-7-2-4-9-8(6-7)3-5-10(9)11;1-7-2-3-8-4-5-10(11)9(8)6-7;1-3-9-6-4-5-8(2)7-9;;/h2,4,6H,3,5H2,1H3;2-3,6H,4-5H2,1H3;4-5,7H,1,3H2,2H3;1H4;/q;;-2;;. The summed E-state index contributed by atoms with van der Waals surface area (Å²) in [5, 5.41) is 0. The van der Waals surface area contributed by atoms with Gasteiger partial charge in [-0.3, -0.25) is 9.59 Å². The SMILES string of the molecule is C.Cc1ccc2c(c1)C(=O)CC2.Cc1ccc2c(c1)CCC2=O.[CH2-]Cc1[c-]ccc(C)c1.[Y]. The van der Waals surface area contributed by atoms with Gasteiger partial charge in [-0.15, -0.1) is 0 Å². The fourth-order valence-electron chi connectivity index (χ4n) is 3.92. The summed E-state index contributed by atoms with van der Waals surface area (Å²) in [5.41, 5.74) is 9.25. The van der Waals surface area contributed by atoms with Crippen molar-refractivity contribution in [2.45, 2.75) is 60.3 Å². The Hall–Kier alpha value is -1.90. The third-order valence-electron chi connectivity index (χ3n) is 5.66. The summed E-state index contributed by atoms with van der Waals surface area (Å²) >= 11 is 0. The average Bonchev–Trinajstić information content (AvgIpc) is 3.31. The Bertz CT molecular complexity index is 1100. The zero-order valence-electron chi connectivity index (χ0n) is 19.3. The van der Waals surface area contributed by atoms with E-state index < -0.39 is 0 Å². The molecule has 1 radical (unpaired) electrons. The summed E-state index contributed by atoms with van der Waals surface area (Å²) in [4.78, 5) is 22.4. The van der Waals surface area contributed by atoms with Gasteiger partial charge in [-0.25, -0.2) is 0 Å². The van der Waals surface area contributed by atoms with E-state index in [2.05, 4.69) is 51.1 Å². The maximum Gasteiger partial charge on any atom is 0.163 e. The van der Waals surface area contributed by atoms with E-state index in [1.165, 1.54) is 33.4 Å². The first-order valence-corrected chi connectivity index (χ1v) is 10.9. The summed E-state index contributed by atoms with van der Waals surface area (Å²) in [5.74, 6) is 0.615. The van der Waals surface area contributed by atoms with Gasteiger partial charge in [-0.1, -0.05) is 55.8 Å². The second-order valence-electron chi connectivity index (χ2n) is 8.31. The minimum absolute atomic E-state index is 0. The van der Waals surface area contributed by atoms with Crippen molar-refractivity contribution in [3.8, 4) is 0 Å². The van der Waals surface area contributed by atoms with E-state index in [4.69, 9.17) is 0 Å². The van der Waals surface area contributed by atoms with E-state index in [1.807, 2.05) is 37.3 Å². The molecule has 0 aromatic heterocycles. The van der Waals surface area contributed by atoms with Crippen LogP contribution in [0.15, 0.2) is 54.6 Å². The second kappa shape index (κ2) is 13.7. The molecule has 0 aliphatic heterocycles. The van der Waals surface area contributed by atoms with Gasteiger partial charge in [0.2, 0.25) is 0 Å². The van der Waals surface area contributed by atoms with Gasteiger partial charge in [0.1, 0.15) is 0 Å². The fourth-order valence-corrected chi connectivity index (χ4v) is 3.92. The van der Waals surface area contributed by atoms with Crippen LogP contribution in [0, 0.1) is 33.8 Å². The van der Waals surface area contributed by atoms with E-state index in [-0.39, 0.29) is 40.1 Å². The van der Waals surface area contributed by atoms with Crippen molar-refractivity contribution in [1.82, 2.24) is 0 Å². The number of fused-ring (bicyclic) bond motifs is 2. The third kappa shape index (κ3) is 8.12. The zero-order valence-corrected chi connectivity index (χ0v) is 22.2. The summed E-state index contributed by atoms with van der Waals surface area (Å²) in [6.07, 6.45) is 4.13. The van der Waals surface area contributed by atoms with E-state index >= 15 is 0 Å². The Balaban J connectivity index is 0.000000242. The molecule has 0 saturated heterocycles. The largest absolute Gasteiger partial charge is 0.341 e. The minimum atomic E-state index is 0. The van der Waals surface area contributed by atoms with Gasteiger partial charge >= 0.3 is 0 Å². The fraction of sp³-hybridized carbons (Fsp3) is 0.300. The van der Waals surface area contributed by atoms with Crippen LogP contribution in [-0.4, -0.2) is 11.6 Å². The van der Waals surface area contributed by atoms with Crippen LogP contribution in [-0.2, 0) is 52.0 Å². The first kappa shape index (κ1) is 29.1. The number of carbonyl (C=O) groups is 2. The van der Waals surface area contributed by atoms with E-state index in [0.717, 1.165) is 30.4 Å². The number of carbonyl (C=O) groups excluding carboxylic acids is 2. The van der Waals surface area contributed by atoms with E-state index in [9.17, 15) is 9.59 Å². The number of ketones is 2. The Morgan fingerprint density at radius 1 is 0.727 bits per heavy atom. The normalized spacial score (nSPS) is 12.7.